The van der Waals surface area contributed by atoms with E-state index in [1.807, 2.05) is 54.6 Å². The highest BCUT2D eigenvalue weighted by atomic mass is 35.5. The van der Waals surface area contributed by atoms with E-state index in [1.165, 1.54) is 0 Å². The number of hydrogen-bond donors (Lipinski definition) is 2. The van der Waals surface area contributed by atoms with E-state index in [4.69, 9.17) is 21.2 Å². The quantitative estimate of drug-likeness (QED) is 0.348. The lowest BCUT2D eigenvalue weighted by Gasteiger charge is -2.13. The van der Waals surface area contributed by atoms with Crippen LogP contribution in [0.5, 0.6) is 5.75 Å². The zero-order chi connectivity index (χ0) is 17.5. The molecule has 0 unspecified atom stereocenters. The fourth-order valence-corrected chi connectivity index (χ4v) is 2.61. The highest BCUT2D eigenvalue weighted by Crippen LogP contribution is 2.30. The van der Waals surface area contributed by atoms with Crippen LogP contribution in [0.1, 0.15) is 17.7 Å². The first kappa shape index (κ1) is 17.3. The summed E-state index contributed by atoms with van der Waals surface area (Å²) in [5.74, 6) is 1.27. The van der Waals surface area contributed by atoms with Crippen LogP contribution in [-0.4, -0.2) is 29.8 Å². The summed E-state index contributed by atoms with van der Waals surface area (Å²) in [4.78, 5) is 5.48. The first-order valence-corrected chi connectivity index (χ1v) is 8.59. The van der Waals surface area contributed by atoms with E-state index in [9.17, 15) is 0 Å². The number of fused-ring (bicyclic) bond motifs is 1. The Kier molecular flexibility index (Phi) is 5.93. The molecule has 0 saturated carbocycles. The molecule has 0 amide bonds. The topological polar surface area (TPSA) is 59.2 Å². The molecule has 0 atom stereocenters. The SMILES string of the molecule is COc1cccc(C=Cc2n[nH]c3ccccc23)c1NOCCCCl. The molecule has 0 radical (unpaired) electrons. The Bertz CT molecular complexity index is 861. The van der Waals surface area contributed by atoms with Crippen LogP contribution in [0, 0.1) is 0 Å². The summed E-state index contributed by atoms with van der Waals surface area (Å²) >= 11 is 5.67. The molecule has 0 fully saturated rings. The number of alkyl halides is 1. The monoisotopic (exact) mass is 357 g/mol. The molecule has 0 aliphatic carbocycles. The smallest absolute Gasteiger partial charge is 0.144 e. The normalized spacial score (nSPS) is 11.3. The van der Waals surface area contributed by atoms with Crippen LogP contribution >= 0.6 is 11.6 Å². The molecule has 0 aliphatic rings. The van der Waals surface area contributed by atoms with Crippen molar-refractivity contribution in [2.75, 3.05) is 25.1 Å². The second kappa shape index (κ2) is 8.55. The maximum atomic E-state index is 5.67. The van der Waals surface area contributed by atoms with Gasteiger partial charge in [-0.3, -0.25) is 15.4 Å². The van der Waals surface area contributed by atoms with Crippen LogP contribution in [0.15, 0.2) is 42.5 Å². The Morgan fingerprint density at radius 1 is 1.16 bits per heavy atom. The van der Waals surface area contributed by atoms with E-state index in [0.29, 0.717) is 18.2 Å². The van der Waals surface area contributed by atoms with Gasteiger partial charge < -0.3 is 4.74 Å². The van der Waals surface area contributed by atoms with Crippen molar-refractivity contribution in [3.05, 3.63) is 53.7 Å². The Morgan fingerprint density at radius 2 is 2.04 bits per heavy atom. The van der Waals surface area contributed by atoms with Crippen molar-refractivity contribution >= 4 is 40.3 Å². The molecule has 3 aromatic rings. The molecule has 5 nitrogen and oxygen atoms in total. The van der Waals surface area contributed by atoms with Gasteiger partial charge in [-0.15, -0.1) is 11.6 Å². The number of halogens is 1. The number of nitrogens with zero attached hydrogens (tertiary/aromatic N) is 1. The van der Waals surface area contributed by atoms with Crippen molar-refractivity contribution in [1.82, 2.24) is 10.2 Å². The van der Waals surface area contributed by atoms with Gasteiger partial charge in [0.1, 0.15) is 11.4 Å². The van der Waals surface area contributed by atoms with E-state index in [1.54, 1.807) is 7.11 Å². The van der Waals surface area contributed by atoms with Crippen molar-refractivity contribution < 1.29 is 9.57 Å². The van der Waals surface area contributed by atoms with Gasteiger partial charge in [-0.2, -0.15) is 5.10 Å². The molecule has 1 aromatic heterocycles. The minimum absolute atomic E-state index is 0.523. The van der Waals surface area contributed by atoms with Crippen LogP contribution in [0.4, 0.5) is 5.69 Å². The van der Waals surface area contributed by atoms with Crippen LogP contribution in [0.3, 0.4) is 0 Å². The lowest BCUT2D eigenvalue weighted by atomic mass is 10.1. The fraction of sp³-hybridized carbons (Fsp3) is 0.211. The van der Waals surface area contributed by atoms with Gasteiger partial charge in [-0.1, -0.05) is 36.4 Å². The minimum atomic E-state index is 0.523. The molecule has 25 heavy (non-hydrogen) atoms. The number of aromatic nitrogens is 2. The third-order valence-electron chi connectivity index (χ3n) is 3.75. The highest BCUT2D eigenvalue weighted by Gasteiger charge is 2.08. The zero-order valence-corrected chi connectivity index (χ0v) is 14.7. The number of methoxy groups -OCH3 is 1. The first-order chi connectivity index (χ1) is 12.3. The van der Waals surface area contributed by atoms with Crippen molar-refractivity contribution in [2.45, 2.75) is 6.42 Å². The second-order valence-corrected chi connectivity index (χ2v) is 5.78. The average molecular weight is 358 g/mol. The minimum Gasteiger partial charge on any atom is -0.494 e. The number of nitrogens with one attached hydrogen (secondary N) is 2. The summed E-state index contributed by atoms with van der Waals surface area (Å²) in [5, 5.41) is 8.47. The van der Waals surface area contributed by atoms with Gasteiger partial charge in [-0.05, 0) is 24.6 Å². The lowest BCUT2D eigenvalue weighted by molar-refractivity contribution is 0.193. The van der Waals surface area contributed by atoms with Gasteiger partial charge in [0.2, 0.25) is 0 Å². The van der Waals surface area contributed by atoms with Crippen molar-refractivity contribution in [2.24, 2.45) is 0 Å². The summed E-state index contributed by atoms with van der Waals surface area (Å²) in [6.07, 6.45) is 4.73. The predicted molar refractivity (Wildman–Crippen MR) is 103 cm³/mol. The Balaban J connectivity index is 1.85. The zero-order valence-electron chi connectivity index (χ0n) is 14.0. The molecular weight excluding hydrogens is 338 g/mol. The van der Waals surface area contributed by atoms with Crippen LogP contribution < -0.4 is 10.2 Å². The van der Waals surface area contributed by atoms with Gasteiger partial charge in [-0.25, -0.2) is 0 Å². The van der Waals surface area contributed by atoms with Gasteiger partial charge in [0, 0.05) is 16.8 Å². The highest BCUT2D eigenvalue weighted by molar-refractivity contribution is 6.17. The van der Waals surface area contributed by atoms with Crippen molar-refractivity contribution in [1.29, 1.82) is 0 Å². The molecule has 0 bridgehead atoms. The van der Waals surface area contributed by atoms with E-state index >= 15 is 0 Å². The fourth-order valence-electron chi connectivity index (χ4n) is 2.50. The van der Waals surface area contributed by atoms with E-state index in [2.05, 4.69) is 15.7 Å². The maximum absolute atomic E-state index is 5.67. The number of aromatic amines is 1. The average Bonchev–Trinajstić information content (AvgIpc) is 3.07. The van der Waals surface area contributed by atoms with Gasteiger partial charge in [0.25, 0.3) is 0 Å². The molecule has 0 saturated heterocycles. The number of ether oxygens (including phenoxy) is 1. The van der Waals surface area contributed by atoms with E-state index in [-0.39, 0.29) is 0 Å². The van der Waals surface area contributed by atoms with Gasteiger partial charge in [0.05, 0.1) is 24.9 Å². The van der Waals surface area contributed by atoms with Gasteiger partial charge >= 0.3 is 0 Å². The summed E-state index contributed by atoms with van der Waals surface area (Å²) in [5.41, 5.74) is 6.58. The van der Waals surface area contributed by atoms with Crippen molar-refractivity contribution in [3.63, 3.8) is 0 Å². The molecule has 0 spiro atoms. The molecule has 3 rings (SSSR count). The number of H-pyrrole nitrogens is 1. The Labute approximate surface area is 151 Å². The van der Waals surface area contributed by atoms with Crippen molar-refractivity contribution in [3.8, 4) is 5.75 Å². The number of rotatable bonds is 8. The summed E-state index contributed by atoms with van der Waals surface area (Å²) in [7, 11) is 1.63. The number of hydrogen-bond acceptors (Lipinski definition) is 4. The van der Waals surface area contributed by atoms with Crippen LogP contribution in [0.2, 0.25) is 0 Å². The van der Waals surface area contributed by atoms with Gasteiger partial charge in [0.15, 0.2) is 0 Å². The number of benzene rings is 2. The molecule has 2 aromatic carbocycles. The number of para-hydroxylation sites is 2. The third kappa shape index (κ3) is 4.13. The molecule has 6 heteroatoms. The first-order valence-electron chi connectivity index (χ1n) is 8.05. The summed E-state index contributed by atoms with van der Waals surface area (Å²) in [6.45, 7) is 0.523. The Hall–Kier alpha value is -2.50. The Morgan fingerprint density at radius 3 is 2.88 bits per heavy atom. The molecule has 1 heterocycles. The van der Waals surface area contributed by atoms with Crippen LogP contribution in [-0.2, 0) is 4.84 Å². The lowest BCUT2D eigenvalue weighted by Crippen LogP contribution is -2.06. The molecule has 130 valence electrons. The largest absolute Gasteiger partial charge is 0.494 e. The molecule has 0 aliphatic heterocycles. The third-order valence-corrected chi connectivity index (χ3v) is 4.02. The predicted octanol–water partition coefficient (Wildman–Crippen LogP) is 4.71. The second-order valence-electron chi connectivity index (χ2n) is 5.41. The van der Waals surface area contributed by atoms with E-state index < -0.39 is 0 Å². The molecule has 2 N–H and O–H groups in total. The molecular formula is C19H20ClN3O2. The summed E-state index contributed by atoms with van der Waals surface area (Å²) in [6, 6.07) is 13.8. The van der Waals surface area contributed by atoms with Crippen LogP contribution in [0.25, 0.3) is 23.1 Å². The maximum Gasteiger partial charge on any atom is 0.144 e. The van der Waals surface area contributed by atoms with E-state index in [0.717, 1.165) is 34.3 Å². The standard InChI is InChI=1S/C19H20ClN3O2/c1-24-18-9-4-6-14(19(18)23-25-13-5-12-20)10-11-17-15-7-2-3-8-16(15)21-22-17/h2-4,6-11,23H,5,12-13H2,1H3,(H,21,22). The summed E-state index contributed by atoms with van der Waals surface area (Å²) < 4.78 is 5.43. The number of anilines is 1.